The third-order valence-corrected chi connectivity index (χ3v) is 4.14. The summed E-state index contributed by atoms with van der Waals surface area (Å²) in [7, 11) is 0. The molecule has 0 saturated carbocycles. The number of nitrogens with one attached hydrogen (secondary N) is 2. The zero-order valence-electron chi connectivity index (χ0n) is 15.3. The van der Waals surface area contributed by atoms with E-state index >= 15 is 0 Å². The highest BCUT2D eigenvalue weighted by Crippen LogP contribution is 2.20. The predicted molar refractivity (Wildman–Crippen MR) is 101 cm³/mol. The summed E-state index contributed by atoms with van der Waals surface area (Å²) in [5, 5.41) is 5.53. The van der Waals surface area contributed by atoms with E-state index in [1.807, 2.05) is 18.7 Å². The van der Waals surface area contributed by atoms with E-state index in [1.54, 1.807) is 36.4 Å². The van der Waals surface area contributed by atoms with Gasteiger partial charge in [0, 0.05) is 24.3 Å². The number of hydrogen-bond acceptors (Lipinski definition) is 3. The molecule has 0 aromatic heterocycles. The van der Waals surface area contributed by atoms with Crippen LogP contribution in [0.1, 0.15) is 32.4 Å². The van der Waals surface area contributed by atoms with Crippen molar-refractivity contribution in [2.24, 2.45) is 0 Å². The number of likely N-dealkylation sites (N-methyl/N-ethyl adjacent to an activating group) is 1. The topological polar surface area (TPSA) is 61.4 Å². The Morgan fingerprint density at radius 1 is 1.00 bits per heavy atom. The van der Waals surface area contributed by atoms with Crippen LogP contribution >= 0.6 is 0 Å². The van der Waals surface area contributed by atoms with Crippen molar-refractivity contribution in [3.8, 4) is 0 Å². The number of nitrogens with zero attached hydrogens (tertiary/aromatic N) is 1. The maximum Gasteiger partial charge on any atom is 0.238 e. The van der Waals surface area contributed by atoms with Gasteiger partial charge in [0.15, 0.2) is 0 Å². The summed E-state index contributed by atoms with van der Waals surface area (Å²) >= 11 is 0. The molecule has 0 aliphatic heterocycles. The molecule has 0 heterocycles. The van der Waals surface area contributed by atoms with E-state index in [-0.39, 0.29) is 30.2 Å². The molecule has 0 unspecified atom stereocenters. The highest BCUT2D eigenvalue weighted by molar-refractivity contribution is 5.93. The molecule has 0 radical (unpaired) electrons. The lowest BCUT2D eigenvalue weighted by atomic mass is 10.1. The lowest BCUT2D eigenvalue weighted by Crippen LogP contribution is -2.35. The Kier molecular flexibility index (Phi) is 6.86. The number of carbonyl (C=O) groups excluding carboxylic acids is 2. The number of carbonyl (C=O) groups is 2. The van der Waals surface area contributed by atoms with Crippen LogP contribution in [0.25, 0.3) is 0 Å². The average molecular weight is 357 g/mol. The second-order valence-corrected chi connectivity index (χ2v) is 6.10. The van der Waals surface area contributed by atoms with Crippen LogP contribution in [0.3, 0.4) is 0 Å². The molecular weight excluding hydrogens is 333 g/mol. The number of halogens is 1. The summed E-state index contributed by atoms with van der Waals surface area (Å²) in [6, 6.07) is 13.3. The summed E-state index contributed by atoms with van der Waals surface area (Å²) in [5.74, 6) is -0.548. The maximum absolute atomic E-state index is 13.1. The number of anilines is 2. The first-order valence-corrected chi connectivity index (χ1v) is 8.56. The highest BCUT2D eigenvalue weighted by Gasteiger charge is 2.17. The predicted octanol–water partition coefficient (Wildman–Crippen LogP) is 3.81. The van der Waals surface area contributed by atoms with Crippen LogP contribution < -0.4 is 10.6 Å². The van der Waals surface area contributed by atoms with Crippen LogP contribution in [0.4, 0.5) is 15.8 Å². The molecule has 6 heteroatoms. The minimum atomic E-state index is -0.274. The standard InChI is InChI=1S/C20H24FN3O2/c1-4-24(14(2)16-5-7-17(21)8-6-16)13-20(26)23-19-11-9-18(10-12-19)22-15(3)25/h5-12,14H,4,13H2,1-3H3,(H,22,25)(H,23,26)/t14-/m0/s1. The fourth-order valence-corrected chi connectivity index (χ4v) is 2.70. The van der Waals surface area contributed by atoms with Crippen molar-refractivity contribution >= 4 is 23.2 Å². The van der Waals surface area contributed by atoms with Crippen molar-refractivity contribution in [3.63, 3.8) is 0 Å². The minimum Gasteiger partial charge on any atom is -0.326 e. The molecule has 5 nitrogen and oxygen atoms in total. The number of hydrogen-bond donors (Lipinski definition) is 2. The quantitative estimate of drug-likeness (QED) is 0.792. The van der Waals surface area contributed by atoms with Gasteiger partial charge in [-0.05, 0) is 55.4 Å². The van der Waals surface area contributed by atoms with Gasteiger partial charge in [0.25, 0.3) is 0 Å². The van der Waals surface area contributed by atoms with E-state index in [4.69, 9.17) is 0 Å². The van der Waals surface area contributed by atoms with Gasteiger partial charge in [0.1, 0.15) is 5.82 Å². The van der Waals surface area contributed by atoms with E-state index in [0.717, 1.165) is 5.56 Å². The second-order valence-electron chi connectivity index (χ2n) is 6.10. The van der Waals surface area contributed by atoms with Gasteiger partial charge in [-0.3, -0.25) is 14.5 Å². The van der Waals surface area contributed by atoms with Gasteiger partial charge in [-0.1, -0.05) is 19.1 Å². The fraction of sp³-hybridized carbons (Fsp3) is 0.300. The summed E-state index contributed by atoms with van der Waals surface area (Å²) in [6.07, 6.45) is 0. The molecule has 2 aromatic carbocycles. The van der Waals surface area contributed by atoms with E-state index < -0.39 is 0 Å². The number of amides is 2. The molecule has 0 aliphatic carbocycles. The first-order chi connectivity index (χ1) is 12.4. The number of rotatable bonds is 7. The van der Waals surface area contributed by atoms with Crippen LogP contribution in [0.2, 0.25) is 0 Å². The van der Waals surface area contributed by atoms with Gasteiger partial charge >= 0.3 is 0 Å². The Hall–Kier alpha value is -2.73. The molecular formula is C20H24FN3O2. The maximum atomic E-state index is 13.1. The molecule has 2 N–H and O–H groups in total. The summed E-state index contributed by atoms with van der Waals surface area (Å²) in [6.45, 7) is 6.33. The summed E-state index contributed by atoms with van der Waals surface area (Å²) in [5.41, 5.74) is 2.30. The summed E-state index contributed by atoms with van der Waals surface area (Å²) in [4.78, 5) is 25.4. The second kappa shape index (κ2) is 9.10. The molecule has 138 valence electrons. The molecule has 2 amide bonds. The third kappa shape index (κ3) is 5.67. The van der Waals surface area contributed by atoms with Crippen LogP contribution in [0.5, 0.6) is 0 Å². The van der Waals surface area contributed by atoms with Gasteiger partial charge in [0.2, 0.25) is 11.8 Å². The number of benzene rings is 2. The van der Waals surface area contributed by atoms with Gasteiger partial charge < -0.3 is 10.6 Å². The van der Waals surface area contributed by atoms with E-state index in [1.165, 1.54) is 19.1 Å². The van der Waals surface area contributed by atoms with Crippen molar-refractivity contribution in [1.82, 2.24) is 4.90 Å². The minimum absolute atomic E-state index is 0.00603. The lowest BCUT2D eigenvalue weighted by molar-refractivity contribution is -0.118. The van der Waals surface area contributed by atoms with Crippen LogP contribution in [0, 0.1) is 5.82 Å². The molecule has 0 aliphatic rings. The third-order valence-electron chi connectivity index (χ3n) is 4.14. The Labute approximate surface area is 153 Å². The molecule has 0 bridgehead atoms. The molecule has 0 spiro atoms. The zero-order chi connectivity index (χ0) is 19.1. The Bertz CT molecular complexity index is 745. The lowest BCUT2D eigenvalue weighted by Gasteiger charge is -2.27. The Balaban J connectivity index is 1.96. The monoisotopic (exact) mass is 357 g/mol. The molecule has 2 aromatic rings. The van der Waals surface area contributed by atoms with Crippen LogP contribution in [-0.4, -0.2) is 29.8 Å². The van der Waals surface area contributed by atoms with Crippen molar-refractivity contribution in [3.05, 3.63) is 59.9 Å². The van der Waals surface area contributed by atoms with Gasteiger partial charge in [0.05, 0.1) is 6.54 Å². The van der Waals surface area contributed by atoms with E-state index in [9.17, 15) is 14.0 Å². The Morgan fingerprint density at radius 3 is 2.04 bits per heavy atom. The molecule has 1 atom stereocenters. The largest absolute Gasteiger partial charge is 0.326 e. The Morgan fingerprint density at radius 2 is 1.54 bits per heavy atom. The fourth-order valence-electron chi connectivity index (χ4n) is 2.70. The zero-order valence-corrected chi connectivity index (χ0v) is 15.3. The molecule has 2 rings (SSSR count). The molecule has 0 fully saturated rings. The van der Waals surface area contributed by atoms with E-state index in [0.29, 0.717) is 17.9 Å². The van der Waals surface area contributed by atoms with Gasteiger partial charge in [-0.2, -0.15) is 0 Å². The van der Waals surface area contributed by atoms with Crippen molar-refractivity contribution in [2.75, 3.05) is 23.7 Å². The molecule has 26 heavy (non-hydrogen) atoms. The normalized spacial score (nSPS) is 11.9. The first-order valence-electron chi connectivity index (χ1n) is 8.56. The first kappa shape index (κ1) is 19.6. The van der Waals surface area contributed by atoms with Crippen LogP contribution in [-0.2, 0) is 9.59 Å². The van der Waals surface area contributed by atoms with Crippen molar-refractivity contribution in [1.29, 1.82) is 0 Å². The van der Waals surface area contributed by atoms with Crippen molar-refractivity contribution in [2.45, 2.75) is 26.8 Å². The summed E-state index contributed by atoms with van der Waals surface area (Å²) < 4.78 is 13.1. The smallest absolute Gasteiger partial charge is 0.238 e. The SMILES string of the molecule is CCN(CC(=O)Nc1ccc(NC(C)=O)cc1)[C@@H](C)c1ccc(F)cc1. The van der Waals surface area contributed by atoms with E-state index in [2.05, 4.69) is 10.6 Å². The van der Waals surface area contributed by atoms with Gasteiger partial charge in [-0.25, -0.2) is 4.39 Å². The van der Waals surface area contributed by atoms with Crippen LogP contribution in [0.15, 0.2) is 48.5 Å². The highest BCUT2D eigenvalue weighted by atomic mass is 19.1. The van der Waals surface area contributed by atoms with Gasteiger partial charge in [-0.15, -0.1) is 0 Å². The average Bonchev–Trinajstić information content (AvgIpc) is 2.61. The van der Waals surface area contributed by atoms with Crippen molar-refractivity contribution < 1.29 is 14.0 Å². The molecule has 0 saturated heterocycles.